The fourth-order valence-corrected chi connectivity index (χ4v) is 5.91. The highest BCUT2D eigenvalue weighted by atomic mass is 32.2. The molecule has 0 unspecified atom stereocenters. The van der Waals surface area contributed by atoms with Gasteiger partial charge in [-0.2, -0.15) is 0 Å². The third kappa shape index (κ3) is 4.52. The van der Waals surface area contributed by atoms with Crippen LogP contribution in [0.25, 0.3) is 27.4 Å². The number of sulfonamides is 1. The van der Waals surface area contributed by atoms with E-state index < -0.39 is 49.4 Å². The molecule has 14 heteroatoms. The number of hydrogen-bond acceptors (Lipinski definition) is 7. The number of nitrogens with zero attached hydrogens (tertiary/aromatic N) is 4. The summed E-state index contributed by atoms with van der Waals surface area (Å²) in [4.78, 5) is 28.6. The van der Waals surface area contributed by atoms with Gasteiger partial charge in [0.1, 0.15) is 23.6 Å². The molecule has 0 aliphatic carbocycles. The lowest BCUT2D eigenvalue weighted by Crippen LogP contribution is -2.16. The van der Waals surface area contributed by atoms with Gasteiger partial charge in [-0.25, -0.2) is 36.5 Å². The quantitative estimate of drug-likeness (QED) is 0.247. The molecule has 0 saturated carbocycles. The van der Waals surface area contributed by atoms with Crippen molar-refractivity contribution in [3.63, 3.8) is 0 Å². The van der Waals surface area contributed by atoms with Crippen LogP contribution in [0.1, 0.15) is 15.9 Å². The maximum Gasteiger partial charge on any atom is 0.262 e. The molecule has 0 bridgehead atoms. The van der Waals surface area contributed by atoms with Crippen LogP contribution < -0.4 is 4.72 Å². The van der Waals surface area contributed by atoms with Crippen molar-refractivity contribution in [3.8, 4) is 16.4 Å². The monoisotopic (exact) mass is 580 g/mol. The van der Waals surface area contributed by atoms with Crippen LogP contribution in [0.4, 0.5) is 18.9 Å². The predicted octanol–water partition coefficient (Wildman–Crippen LogP) is 5.32. The molecule has 2 N–H and O–H groups in total. The second-order valence-corrected chi connectivity index (χ2v) is 11.0. The Balaban J connectivity index is 1.36. The SMILES string of the molecule is O=C(c1c(F)ccc(NS(=O)(=O)c2cccc(F)c2)c1F)c1c[nH]c2ncc(-c3csc(-n4ccnc4)n3)cc12. The number of rotatable bonds is 7. The van der Waals surface area contributed by atoms with E-state index in [1.54, 1.807) is 40.9 Å². The summed E-state index contributed by atoms with van der Waals surface area (Å²) in [6.45, 7) is 0. The molecule has 4 aromatic heterocycles. The molecule has 0 fully saturated rings. The van der Waals surface area contributed by atoms with E-state index in [9.17, 15) is 22.0 Å². The van der Waals surface area contributed by atoms with Crippen LogP contribution in [0.2, 0.25) is 0 Å². The Kier molecular flexibility index (Phi) is 6.19. The number of hydrogen-bond donors (Lipinski definition) is 2. The summed E-state index contributed by atoms with van der Waals surface area (Å²) in [5.41, 5.74) is -0.322. The van der Waals surface area contributed by atoms with Crippen LogP contribution in [-0.2, 0) is 10.0 Å². The molecule has 40 heavy (non-hydrogen) atoms. The minimum Gasteiger partial charge on any atom is -0.345 e. The molecule has 6 rings (SSSR count). The fourth-order valence-electron chi connectivity index (χ4n) is 4.03. The molecule has 200 valence electrons. The lowest BCUT2D eigenvalue weighted by molar-refractivity contribution is 0.103. The van der Waals surface area contributed by atoms with Crippen LogP contribution in [-0.4, -0.2) is 38.7 Å². The van der Waals surface area contributed by atoms with Crippen LogP contribution in [0.5, 0.6) is 0 Å². The molecular formula is C26H15F3N6O3S2. The predicted molar refractivity (Wildman–Crippen MR) is 141 cm³/mol. The number of H-pyrrole nitrogens is 1. The number of thiazole rings is 1. The Morgan fingerprint density at radius 3 is 2.73 bits per heavy atom. The molecule has 0 aliphatic heterocycles. The minimum absolute atomic E-state index is 0.0858. The highest BCUT2D eigenvalue weighted by Gasteiger charge is 2.27. The van der Waals surface area contributed by atoms with E-state index in [1.165, 1.54) is 23.6 Å². The number of fused-ring (bicyclic) bond motifs is 1. The van der Waals surface area contributed by atoms with Gasteiger partial charge in [0.05, 0.1) is 21.8 Å². The van der Waals surface area contributed by atoms with Crippen molar-refractivity contribution in [2.75, 3.05) is 4.72 Å². The highest BCUT2D eigenvalue weighted by molar-refractivity contribution is 7.92. The van der Waals surface area contributed by atoms with Crippen molar-refractivity contribution in [3.05, 3.63) is 108 Å². The highest BCUT2D eigenvalue weighted by Crippen LogP contribution is 2.31. The number of carbonyl (C=O) groups excluding carboxylic acids is 1. The maximum absolute atomic E-state index is 15.5. The fraction of sp³-hybridized carbons (Fsp3) is 0. The van der Waals surface area contributed by atoms with E-state index in [2.05, 4.69) is 19.9 Å². The molecular weight excluding hydrogens is 565 g/mol. The molecule has 2 aromatic carbocycles. The summed E-state index contributed by atoms with van der Waals surface area (Å²) in [5, 5.41) is 2.73. The number of imidazole rings is 1. The zero-order chi connectivity index (χ0) is 28.0. The van der Waals surface area contributed by atoms with Crippen molar-refractivity contribution >= 4 is 43.9 Å². The van der Waals surface area contributed by atoms with Gasteiger partial charge in [0.15, 0.2) is 10.9 Å². The van der Waals surface area contributed by atoms with Crippen LogP contribution in [0.3, 0.4) is 0 Å². The van der Waals surface area contributed by atoms with Gasteiger partial charge in [0.25, 0.3) is 10.0 Å². The number of nitrogens with one attached hydrogen (secondary N) is 2. The normalized spacial score (nSPS) is 11.7. The summed E-state index contributed by atoms with van der Waals surface area (Å²) >= 11 is 1.36. The second kappa shape index (κ2) is 9.73. The number of benzene rings is 2. The molecule has 4 heterocycles. The number of ketones is 1. The standard InChI is InChI=1S/C26H15F3N6O3S2/c27-15-2-1-3-16(9-15)40(37,38)34-20-5-4-19(28)22(23(20)29)24(36)18-11-32-25-17(18)8-14(10-31-25)21-12-39-26(33-21)35-7-6-30-13-35/h1-13,34H,(H,31,32). The van der Waals surface area contributed by atoms with Crippen LogP contribution in [0.15, 0.2) is 83.9 Å². The molecule has 0 spiro atoms. The van der Waals surface area contributed by atoms with E-state index in [0.717, 1.165) is 30.3 Å². The van der Waals surface area contributed by atoms with Crippen molar-refractivity contribution in [2.45, 2.75) is 4.90 Å². The Labute approximate surface area is 228 Å². The van der Waals surface area contributed by atoms with Crippen LogP contribution in [0, 0.1) is 17.5 Å². The number of carbonyl (C=O) groups is 1. The van der Waals surface area contributed by atoms with Gasteiger partial charge in [-0.1, -0.05) is 6.07 Å². The lowest BCUT2D eigenvalue weighted by atomic mass is 10.0. The average Bonchev–Trinajstić information content (AvgIpc) is 3.70. The van der Waals surface area contributed by atoms with E-state index in [4.69, 9.17) is 0 Å². The first-order chi connectivity index (χ1) is 19.2. The molecule has 9 nitrogen and oxygen atoms in total. The number of halogens is 3. The molecule has 0 radical (unpaired) electrons. The Hall–Kier alpha value is -4.82. The first kappa shape index (κ1) is 25.5. The van der Waals surface area contributed by atoms with E-state index in [0.29, 0.717) is 22.0 Å². The largest absolute Gasteiger partial charge is 0.345 e. The Bertz CT molecular complexity index is 2020. The minimum atomic E-state index is -4.44. The van der Waals surface area contributed by atoms with Crippen molar-refractivity contribution in [1.82, 2.24) is 24.5 Å². The van der Waals surface area contributed by atoms with Gasteiger partial charge in [0, 0.05) is 46.7 Å². The van der Waals surface area contributed by atoms with Crippen molar-refractivity contribution < 1.29 is 26.4 Å². The zero-order valence-electron chi connectivity index (χ0n) is 20.0. The van der Waals surface area contributed by atoms with Crippen molar-refractivity contribution in [2.24, 2.45) is 0 Å². The van der Waals surface area contributed by atoms with Gasteiger partial charge in [0.2, 0.25) is 5.78 Å². The van der Waals surface area contributed by atoms with Gasteiger partial charge < -0.3 is 4.98 Å². The van der Waals surface area contributed by atoms with E-state index in [1.807, 2.05) is 4.72 Å². The Morgan fingerprint density at radius 1 is 1.10 bits per heavy atom. The van der Waals surface area contributed by atoms with Gasteiger partial charge in [-0.05, 0) is 36.4 Å². The summed E-state index contributed by atoms with van der Waals surface area (Å²) in [5.74, 6) is -4.47. The second-order valence-electron chi connectivity index (χ2n) is 8.48. The maximum atomic E-state index is 15.5. The molecule has 0 saturated heterocycles. The average molecular weight is 581 g/mol. The molecule has 0 amide bonds. The van der Waals surface area contributed by atoms with Gasteiger partial charge in [-0.3, -0.25) is 14.1 Å². The number of aromatic amines is 1. The zero-order valence-corrected chi connectivity index (χ0v) is 21.6. The smallest absolute Gasteiger partial charge is 0.262 e. The topological polar surface area (TPSA) is 123 Å². The molecule has 0 aliphatic rings. The van der Waals surface area contributed by atoms with Gasteiger partial charge >= 0.3 is 0 Å². The number of anilines is 1. The number of aromatic nitrogens is 5. The van der Waals surface area contributed by atoms with E-state index >= 15 is 4.39 Å². The first-order valence-electron chi connectivity index (χ1n) is 11.4. The summed E-state index contributed by atoms with van der Waals surface area (Å²) in [6.07, 6.45) is 7.77. The van der Waals surface area contributed by atoms with Crippen molar-refractivity contribution in [1.29, 1.82) is 0 Å². The lowest BCUT2D eigenvalue weighted by Gasteiger charge is -2.12. The van der Waals surface area contributed by atoms with E-state index in [-0.39, 0.29) is 10.9 Å². The summed E-state index contributed by atoms with van der Waals surface area (Å²) in [7, 11) is -4.44. The molecule has 0 atom stereocenters. The molecule has 6 aromatic rings. The summed E-state index contributed by atoms with van der Waals surface area (Å²) in [6, 6.07) is 7.29. The van der Waals surface area contributed by atoms with Gasteiger partial charge in [-0.15, -0.1) is 11.3 Å². The Morgan fingerprint density at radius 2 is 1.95 bits per heavy atom. The first-order valence-corrected chi connectivity index (χ1v) is 13.8. The number of pyridine rings is 1. The third-order valence-electron chi connectivity index (χ3n) is 5.96. The van der Waals surface area contributed by atoms with Crippen LogP contribution >= 0.6 is 11.3 Å². The summed E-state index contributed by atoms with van der Waals surface area (Å²) < 4.78 is 72.9. The third-order valence-corrected chi connectivity index (χ3v) is 8.17.